The fraction of sp³-hybridized carbons (Fsp3) is 0.130. The Morgan fingerprint density at radius 3 is 2.69 bits per heavy atom. The Morgan fingerprint density at radius 2 is 1.90 bits per heavy atom. The quantitative estimate of drug-likeness (QED) is 0.388. The van der Waals surface area contributed by atoms with Gasteiger partial charge in [-0.25, -0.2) is 4.79 Å². The second kappa shape index (κ2) is 7.67. The molecule has 0 aliphatic carbocycles. The lowest BCUT2D eigenvalue weighted by molar-refractivity contribution is -0.114. The lowest BCUT2D eigenvalue weighted by atomic mass is 10.0. The van der Waals surface area contributed by atoms with E-state index in [2.05, 4.69) is 10.6 Å². The Balaban J connectivity index is 1.71. The van der Waals surface area contributed by atoms with Crippen LogP contribution in [0.4, 0.5) is 11.4 Å². The highest BCUT2D eigenvalue weighted by Gasteiger charge is 2.11. The topological polar surface area (TPSA) is 80.6 Å². The van der Waals surface area contributed by atoms with Crippen molar-refractivity contribution in [3.63, 3.8) is 0 Å². The van der Waals surface area contributed by atoms with Gasteiger partial charge in [-0.2, -0.15) is 0 Å². The van der Waals surface area contributed by atoms with E-state index in [0.29, 0.717) is 23.6 Å². The first-order valence-corrected chi connectivity index (χ1v) is 9.19. The summed E-state index contributed by atoms with van der Waals surface area (Å²) in [6.45, 7) is 1.88. The summed E-state index contributed by atoms with van der Waals surface area (Å²) in [5.41, 5.74) is 2.42. The summed E-state index contributed by atoms with van der Waals surface area (Å²) in [6.07, 6.45) is 0. The normalized spacial score (nSPS) is 10.8. The average molecular weight is 388 g/mol. The Hall–Kier alpha value is -3.80. The Kier molecular flexibility index (Phi) is 4.91. The molecule has 4 aromatic rings. The molecule has 0 unspecified atom stereocenters. The van der Waals surface area contributed by atoms with Gasteiger partial charge in [-0.3, -0.25) is 4.79 Å². The zero-order valence-electron chi connectivity index (χ0n) is 16.1. The number of amides is 1. The minimum Gasteiger partial charge on any atom is -0.494 e. The van der Waals surface area contributed by atoms with Crippen molar-refractivity contribution in [1.29, 1.82) is 0 Å². The van der Waals surface area contributed by atoms with Crippen LogP contribution in [0.5, 0.6) is 5.75 Å². The molecule has 0 radical (unpaired) electrons. The Bertz CT molecular complexity index is 1280. The van der Waals surface area contributed by atoms with Gasteiger partial charge >= 0.3 is 5.63 Å². The van der Waals surface area contributed by atoms with Gasteiger partial charge in [0.15, 0.2) is 0 Å². The van der Waals surface area contributed by atoms with E-state index in [1.54, 1.807) is 19.2 Å². The van der Waals surface area contributed by atoms with Gasteiger partial charge in [0.05, 0.1) is 12.8 Å². The third kappa shape index (κ3) is 3.78. The molecule has 0 saturated heterocycles. The highest BCUT2D eigenvalue weighted by molar-refractivity contribution is 6.07. The summed E-state index contributed by atoms with van der Waals surface area (Å²) in [7, 11) is 1.55. The van der Waals surface area contributed by atoms with E-state index in [0.717, 1.165) is 27.4 Å². The highest BCUT2D eigenvalue weighted by atomic mass is 16.5. The summed E-state index contributed by atoms with van der Waals surface area (Å²) in [6, 6.07) is 18.7. The summed E-state index contributed by atoms with van der Waals surface area (Å²) < 4.78 is 10.8. The Morgan fingerprint density at radius 1 is 1.07 bits per heavy atom. The summed E-state index contributed by atoms with van der Waals surface area (Å²) in [4.78, 5) is 23.4. The number of ether oxygens (including phenoxy) is 1. The van der Waals surface area contributed by atoms with Gasteiger partial charge in [-0.1, -0.05) is 30.3 Å². The van der Waals surface area contributed by atoms with Crippen molar-refractivity contribution in [1.82, 2.24) is 0 Å². The smallest absolute Gasteiger partial charge is 0.336 e. The van der Waals surface area contributed by atoms with Crippen LogP contribution in [0.3, 0.4) is 0 Å². The van der Waals surface area contributed by atoms with Crippen molar-refractivity contribution < 1.29 is 13.9 Å². The zero-order chi connectivity index (χ0) is 20.4. The van der Waals surface area contributed by atoms with Crippen LogP contribution in [0, 0.1) is 0 Å². The summed E-state index contributed by atoms with van der Waals surface area (Å²) in [5, 5.41) is 9.08. The molecule has 0 atom stereocenters. The third-order valence-electron chi connectivity index (χ3n) is 4.71. The molecular weight excluding hydrogens is 368 g/mol. The number of methoxy groups -OCH3 is 1. The predicted molar refractivity (Wildman–Crippen MR) is 115 cm³/mol. The average Bonchev–Trinajstić information content (AvgIpc) is 2.71. The van der Waals surface area contributed by atoms with E-state index in [4.69, 9.17) is 9.15 Å². The lowest BCUT2D eigenvalue weighted by Gasteiger charge is -2.13. The summed E-state index contributed by atoms with van der Waals surface area (Å²) >= 11 is 0. The first-order valence-electron chi connectivity index (χ1n) is 9.19. The first kappa shape index (κ1) is 18.6. The lowest BCUT2D eigenvalue weighted by Crippen LogP contribution is -2.08. The number of benzene rings is 3. The van der Waals surface area contributed by atoms with Gasteiger partial charge in [-0.05, 0) is 34.5 Å². The number of anilines is 2. The number of hydrogen-bond donors (Lipinski definition) is 2. The first-order chi connectivity index (χ1) is 14.0. The van der Waals surface area contributed by atoms with E-state index in [1.807, 2.05) is 42.5 Å². The van der Waals surface area contributed by atoms with E-state index in [1.165, 1.54) is 13.0 Å². The zero-order valence-corrected chi connectivity index (χ0v) is 16.1. The largest absolute Gasteiger partial charge is 0.494 e. The van der Waals surface area contributed by atoms with Crippen molar-refractivity contribution in [2.45, 2.75) is 13.5 Å². The van der Waals surface area contributed by atoms with Crippen LogP contribution < -0.4 is 21.0 Å². The number of fused-ring (bicyclic) bond motifs is 3. The third-order valence-corrected chi connectivity index (χ3v) is 4.71. The molecular formula is C23H20N2O4. The standard InChI is InChI=1S/C23H20N2O4/c1-14(26)25-19-9-8-17(12-21(19)28-2)24-13-16-11-22(27)29-20-10-7-15-5-3-4-6-18(15)23(16)20/h3-12,24H,13H2,1-2H3,(H,25,26). The highest BCUT2D eigenvalue weighted by Crippen LogP contribution is 2.30. The van der Waals surface area contributed by atoms with E-state index in [-0.39, 0.29) is 11.5 Å². The van der Waals surface area contributed by atoms with Crippen LogP contribution in [0.1, 0.15) is 12.5 Å². The molecule has 0 aliphatic rings. The Labute approximate surface area is 167 Å². The van der Waals surface area contributed by atoms with Crippen molar-refractivity contribution >= 4 is 39.0 Å². The molecule has 0 saturated carbocycles. The van der Waals surface area contributed by atoms with E-state index in [9.17, 15) is 9.59 Å². The van der Waals surface area contributed by atoms with E-state index >= 15 is 0 Å². The molecule has 3 aromatic carbocycles. The molecule has 1 aromatic heterocycles. The molecule has 6 heteroatoms. The molecule has 1 heterocycles. The molecule has 6 nitrogen and oxygen atoms in total. The van der Waals surface area contributed by atoms with Gasteiger partial charge in [-0.15, -0.1) is 0 Å². The maximum atomic E-state index is 12.0. The molecule has 0 spiro atoms. The minimum atomic E-state index is -0.386. The minimum absolute atomic E-state index is 0.168. The van der Waals surface area contributed by atoms with Crippen LogP contribution in [0.25, 0.3) is 21.7 Å². The number of carbonyl (C=O) groups is 1. The van der Waals surface area contributed by atoms with Crippen molar-refractivity contribution in [3.05, 3.63) is 76.6 Å². The van der Waals surface area contributed by atoms with Crippen LogP contribution >= 0.6 is 0 Å². The maximum absolute atomic E-state index is 12.0. The van der Waals surface area contributed by atoms with Crippen LogP contribution in [-0.4, -0.2) is 13.0 Å². The molecule has 4 rings (SSSR count). The molecule has 146 valence electrons. The van der Waals surface area contributed by atoms with Gasteiger partial charge in [0.1, 0.15) is 11.3 Å². The predicted octanol–water partition coefficient (Wildman–Crippen LogP) is 4.53. The molecule has 0 bridgehead atoms. The second-order valence-corrected chi connectivity index (χ2v) is 6.70. The van der Waals surface area contributed by atoms with Crippen LogP contribution in [0.15, 0.2) is 69.9 Å². The molecule has 0 aliphatic heterocycles. The summed E-state index contributed by atoms with van der Waals surface area (Å²) in [5.74, 6) is 0.381. The monoisotopic (exact) mass is 388 g/mol. The van der Waals surface area contributed by atoms with Gasteiger partial charge in [0, 0.05) is 36.7 Å². The fourth-order valence-electron chi connectivity index (χ4n) is 3.45. The molecule has 1 amide bonds. The van der Waals surface area contributed by atoms with Gasteiger partial charge in [0.25, 0.3) is 0 Å². The number of carbonyl (C=O) groups excluding carboxylic acids is 1. The van der Waals surface area contributed by atoms with Crippen LogP contribution in [0.2, 0.25) is 0 Å². The van der Waals surface area contributed by atoms with Gasteiger partial charge in [0.2, 0.25) is 5.91 Å². The fourth-order valence-corrected chi connectivity index (χ4v) is 3.45. The molecule has 29 heavy (non-hydrogen) atoms. The molecule has 2 N–H and O–H groups in total. The van der Waals surface area contributed by atoms with Gasteiger partial charge < -0.3 is 19.8 Å². The molecule has 0 fully saturated rings. The number of rotatable bonds is 5. The van der Waals surface area contributed by atoms with Crippen molar-refractivity contribution in [2.75, 3.05) is 17.7 Å². The van der Waals surface area contributed by atoms with E-state index < -0.39 is 0 Å². The van der Waals surface area contributed by atoms with Crippen LogP contribution in [-0.2, 0) is 11.3 Å². The second-order valence-electron chi connectivity index (χ2n) is 6.70. The maximum Gasteiger partial charge on any atom is 0.336 e. The SMILES string of the molecule is COc1cc(NCc2cc(=O)oc3ccc4ccccc4c23)ccc1NC(C)=O. The van der Waals surface area contributed by atoms with Crippen molar-refractivity contribution in [2.24, 2.45) is 0 Å². The number of hydrogen-bond acceptors (Lipinski definition) is 5. The number of nitrogens with one attached hydrogen (secondary N) is 2. The van der Waals surface area contributed by atoms with Crippen molar-refractivity contribution in [3.8, 4) is 5.75 Å².